The minimum atomic E-state index is 0.431. The molecule has 6 nitrogen and oxygen atoms in total. The zero-order valence-corrected chi connectivity index (χ0v) is 23.0. The third-order valence-corrected chi connectivity index (χ3v) is 7.00. The molecule has 0 aliphatic carbocycles. The van der Waals surface area contributed by atoms with Crippen molar-refractivity contribution in [1.29, 1.82) is 0 Å². The van der Waals surface area contributed by atoms with Crippen molar-refractivity contribution in [1.82, 2.24) is 9.80 Å². The van der Waals surface area contributed by atoms with Gasteiger partial charge in [-0.1, -0.05) is 42.4 Å². The van der Waals surface area contributed by atoms with Gasteiger partial charge in [0.2, 0.25) is 0 Å². The van der Waals surface area contributed by atoms with Crippen LogP contribution in [0.3, 0.4) is 0 Å². The maximum Gasteiger partial charge on any atom is 0.127 e. The standard InChI is InChI=1S/C29H39N3O3S/c1-23(21-31-15-17-32(18-16-31)24(2)10-6-7-11-25(3)33-4)22-35-27-13-8-12-26(20-27)29(30-34-5)28-14-9-19-36-28/h6-14,19-20,23H,15-18,21-22H2,1-5H3/b7-6-,24-10+,25-11+,30-29-. The molecule has 0 spiro atoms. The van der Waals surface area contributed by atoms with Crippen LogP contribution in [0.5, 0.6) is 5.75 Å². The van der Waals surface area contributed by atoms with Crippen LogP contribution >= 0.6 is 11.3 Å². The van der Waals surface area contributed by atoms with Crippen molar-refractivity contribution >= 4 is 17.0 Å². The van der Waals surface area contributed by atoms with Crippen LogP contribution in [0.25, 0.3) is 0 Å². The molecule has 0 bridgehead atoms. The number of allylic oxidation sites excluding steroid dienone is 6. The summed E-state index contributed by atoms with van der Waals surface area (Å²) in [6.07, 6.45) is 8.23. The highest BCUT2D eigenvalue weighted by molar-refractivity contribution is 7.12. The molecule has 1 aliphatic rings. The van der Waals surface area contributed by atoms with E-state index in [-0.39, 0.29) is 0 Å². The molecule has 36 heavy (non-hydrogen) atoms. The minimum absolute atomic E-state index is 0.431. The zero-order chi connectivity index (χ0) is 25.8. The molecule has 2 aromatic rings. The van der Waals surface area contributed by atoms with Crippen LogP contribution in [-0.4, -0.2) is 69.1 Å². The first-order valence-corrected chi connectivity index (χ1v) is 13.3. The zero-order valence-electron chi connectivity index (χ0n) is 22.1. The van der Waals surface area contributed by atoms with E-state index in [1.165, 1.54) is 5.70 Å². The molecule has 7 heteroatoms. The van der Waals surface area contributed by atoms with Gasteiger partial charge in [-0.15, -0.1) is 11.3 Å². The molecule has 1 unspecified atom stereocenters. The number of nitrogens with zero attached hydrogens (tertiary/aromatic N) is 3. The van der Waals surface area contributed by atoms with E-state index in [9.17, 15) is 0 Å². The number of thiophene rings is 1. The Morgan fingerprint density at radius 2 is 1.83 bits per heavy atom. The van der Waals surface area contributed by atoms with Gasteiger partial charge in [0.05, 0.1) is 24.4 Å². The molecule has 1 saturated heterocycles. The fraction of sp³-hybridized carbons (Fsp3) is 0.414. The Balaban J connectivity index is 1.46. The average molecular weight is 510 g/mol. The number of oxime groups is 1. The van der Waals surface area contributed by atoms with Crippen molar-refractivity contribution in [3.8, 4) is 5.75 Å². The van der Waals surface area contributed by atoms with Crippen LogP contribution in [0.1, 0.15) is 31.2 Å². The highest BCUT2D eigenvalue weighted by Crippen LogP contribution is 2.21. The second-order valence-corrected chi connectivity index (χ2v) is 9.95. The predicted molar refractivity (Wildman–Crippen MR) is 150 cm³/mol. The van der Waals surface area contributed by atoms with Crippen molar-refractivity contribution in [3.05, 3.63) is 88.0 Å². The topological polar surface area (TPSA) is 46.5 Å². The first-order valence-electron chi connectivity index (χ1n) is 12.4. The quantitative estimate of drug-likeness (QED) is 0.157. The molecule has 3 rings (SSSR count). The van der Waals surface area contributed by atoms with Gasteiger partial charge in [0.15, 0.2) is 0 Å². The van der Waals surface area contributed by atoms with E-state index in [1.807, 2.05) is 60.9 Å². The van der Waals surface area contributed by atoms with E-state index in [0.717, 1.165) is 60.4 Å². The Hall–Kier alpha value is -3.03. The number of ether oxygens (including phenoxy) is 2. The van der Waals surface area contributed by atoms with E-state index < -0.39 is 0 Å². The fourth-order valence-electron chi connectivity index (χ4n) is 4.05. The molecule has 1 fully saturated rings. The first-order chi connectivity index (χ1) is 17.5. The number of hydrogen-bond acceptors (Lipinski definition) is 7. The van der Waals surface area contributed by atoms with Crippen LogP contribution in [0, 0.1) is 5.92 Å². The van der Waals surface area contributed by atoms with Crippen molar-refractivity contribution in [3.63, 3.8) is 0 Å². The Kier molecular flexibility index (Phi) is 11.1. The van der Waals surface area contributed by atoms with Gasteiger partial charge in [0.1, 0.15) is 18.6 Å². The summed E-state index contributed by atoms with van der Waals surface area (Å²) in [4.78, 5) is 11.2. The Labute approximate surface area is 220 Å². The molecule has 2 heterocycles. The van der Waals surface area contributed by atoms with Crippen LogP contribution in [0.15, 0.2) is 82.7 Å². The van der Waals surface area contributed by atoms with Crippen LogP contribution in [-0.2, 0) is 9.57 Å². The van der Waals surface area contributed by atoms with Gasteiger partial charge in [-0.05, 0) is 49.6 Å². The first kappa shape index (κ1) is 27.6. The van der Waals surface area contributed by atoms with E-state index in [2.05, 4.69) is 41.0 Å². The minimum Gasteiger partial charge on any atom is -0.501 e. The number of methoxy groups -OCH3 is 1. The summed E-state index contributed by atoms with van der Waals surface area (Å²) >= 11 is 1.64. The lowest BCUT2D eigenvalue weighted by Gasteiger charge is -2.37. The van der Waals surface area contributed by atoms with Gasteiger partial charge in [-0.2, -0.15) is 0 Å². The maximum atomic E-state index is 6.17. The Morgan fingerprint density at radius 3 is 2.53 bits per heavy atom. The van der Waals surface area contributed by atoms with Gasteiger partial charge >= 0.3 is 0 Å². The molecular formula is C29H39N3O3S. The van der Waals surface area contributed by atoms with Crippen LogP contribution in [0.4, 0.5) is 0 Å². The lowest BCUT2D eigenvalue weighted by molar-refractivity contribution is 0.127. The third-order valence-electron chi connectivity index (χ3n) is 6.12. The highest BCUT2D eigenvalue weighted by atomic mass is 32.1. The van der Waals surface area contributed by atoms with Gasteiger partial charge in [0.25, 0.3) is 0 Å². The number of piperazine rings is 1. The number of hydrogen-bond donors (Lipinski definition) is 0. The molecule has 0 amide bonds. The number of benzene rings is 1. The molecule has 0 radical (unpaired) electrons. The van der Waals surface area contributed by atoms with Gasteiger partial charge in [0, 0.05) is 49.9 Å². The SMILES string of the molecule is CO/N=C(/c1cccc(OCC(C)CN2CCN(/C(C)=C/C=C\C=C(/C)OC)CC2)c1)c1cccs1. The average Bonchev–Trinajstić information content (AvgIpc) is 3.43. The van der Waals surface area contributed by atoms with Crippen molar-refractivity contribution in [2.24, 2.45) is 11.1 Å². The highest BCUT2D eigenvalue weighted by Gasteiger charge is 2.19. The molecule has 0 saturated carbocycles. The van der Waals surface area contributed by atoms with E-state index in [1.54, 1.807) is 25.6 Å². The van der Waals surface area contributed by atoms with Gasteiger partial charge < -0.3 is 19.2 Å². The summed E-state index contributed by atoms with van der Waals surface area (Å²) in [6.45, 7) is 12.3. The second-order valence-electron chi connectivity index (χ2n) is 9.01. The number of rotatable bonds is 12. The smallest absolute Gasteiger partial charge is 0.127 e. The van der Waals surface area contributed by atoms with E-state index in [0.29, 0.717) is 12.5 Å². The molecule has 0 N–H and O–H groups in total. The van der Waals surface area contributed by atoms with E-state index >= 15 is 0 Å². The summed E-state index contributed by atoms with van der Waals surface area (Å²) in [7, 11) is 3.26. The summed E-state index contributed by atoms with van der Waals surface area (Å²) in [5.41, 5.74) is 3.11. The van der Waals surface area contributed by atoms with Crippen molar-refractivity contribution in [2.45, 2.75) is 20.8 Å². The molecule has 1 aromatic heterocycles. The van der Waals surface area contributed by atoms with Crippen molar-refractivity contribution in [2.75, 3.05) is 53.6 Å². The maximum absolute atomic E-state index is 6.17. The van der Waals surface area contributed by atoms with E-state index in [4.69, 9.17) is 14.3 Å². The molecule has 194 valence electrons. The van der Waals surface area contributed by atoms with Crippen LogP contribution in [0.2, 0.25) is 0 Å². The Bertz CT molecular complexity index is 1050. The third kappa shape index (κ3) is 8.57. The molecular weight excluding hydrogens is 470 g/mol. The van der Waals surface area contributed by atoms with Gasteiger partial charge in [-0.25, -0.2) is 0 Å². The monoisotopic (exact) mass is 509 g/mol. The lowest BCUT2D eigenvalue weighted by atomic mass is 10.1. The summed E-state index contributed by atoms with van der Waals surface area (Å²) in [5, 5.41) is 6.29. The molecule has 1 aromatic carbocycles. The van der Waals surface area contributed by atoms with Gasteiger partial charge in [-0.3, -0.25) is 4.90 Å². The summed E-state index contributed by atoms with van der Waals surface area (Å²) < 4.78 is 11.3. The largest absolute Gasteiger partial charge is 0.501 e. The summed E-state index contributed by atoms with van der Waals surface area (Å²) in [6, 6.07) is 12.2. The molecule has 1 atom stereocenters. The van der Waals surface area contributed by atoms with Crippen molar-refractivity contribution < 1.29 is 14.3 Å². The fourth-order valence-corrected chi connectivity index (χ4v) is 4.78. The second kappa shape index (κ2) is 14.5. The molecule has 1 aliphatic heterocycles. The summed E-state index contributed by atoms with van der Waals surface area (Å²) in [5.74, 6) is 2.19. The lowest BCUT2D eigenvalue weighted by Crippen LogP contribution is -2.47. The normalized spacial score (nSPS) is 16.9. The Morgan fingerprint density at radius 1 is 1.06 bits per heavy atom. The predicted octanol–water partition coefficient (Wildman–Crippen LogP) is 5.79. The van der Waals surface area contributed by atoms with Crippen LogP contribution < -0.4 is 4.74 Å².